The molecule has 174 valence electrons. The van der Waals surface area contributed by atoms with Gasteiger partial charge in [-0.3, -0.25) is 9.69 Å². The highest BCUT2D eigenvalue weighted by molar-refractivity contribution is 8.18. The minimum atomic E-state index is -1.02. The first kappa shape index (κ1) is 23.0. The molecule has 6 nitrogen and oxygen atoms in total. The number of halogens is 1. The van der Waals surface area contributed by atoms with Crippen molar-refractivity contribution in [1.29, 1.82) is 0 Å². The van der Waals surface area contributed by atoms with Crippen molar-refractivity contribution >= 4 is 63.1 Å². The molecule has 0 bridgehead atoms. The Morgan fingerprint density at radius 3 is 2.66 bits per heavy atom. The molecule has 0 spiro atoms. The summed E-state index contributed by atoms with van der Waals surface area (Å²) in [7, 11) is 1.66. The molecule has 1 amide bonds. The molecule has 2 heterocycles. The van der Waals surface area contributed by atoms with Crippen LogP contribution >= 0.6 is 23.4 Å². The van der Waals surface area contributed by atoms with Crippen molar-refractivity contribution in [2.24, 2.45) is 4.99 Å². The Kier molecular flexibility index (Phi) is 6.19. The Labute approximate surface area is 211 Å². The molecule has 1 aromatic heterocycles. The van der Waals surface area contributed by atoms with E-state index in [-0.39, 0.29) is 11.5 Å². The Hall–Kier alpha value is -3.81. The number of amidine groups is 1. The van der Waals surface area contributed by atoms with E-state index in [2.05, 4.69) is 9.56 Å². The fourth-order valence-electron chi connectivity index (χ4n) is 3.94. The van der Waals surface area contributed by atoms with Crippen LogP contribution in [0.3, 0.4) is 0 Å². The molecule has 0 radical (unpaired) electrons. The van der Waals surface area contributed by atoms with Gasteiger partial charge in [0.1, 0.15) is 0 Å². The minimum absolute atomic E-state index is 0.144. The number of carboxylic acids is 1. The number of rotatable bonds is 5. The van der Waals surface area contributed by atoms with Crippen LogP contribution in [0.2, 0.25) is 5.02 Å². The number of carbonyl (C=O) groups is 2. The van der Waals surface area contributed by atoms with E-state index in [4.69, 9.17) is 11.6 Å². The minimum Gasteiger partial charge on any atom is -0.478 e. The number of aliphatic imine (C=N–C) groups is 1. The fraction of sp³-hybridized carbons (Fsp3) is 0.0741. The van der Waals surface area contributed by atoms with Gasteiger partial charge in [-0.2, -0.15) is 0 Å². The topological polar surface area (TPSA) is 74.9 Å². The third-order valence-corrected chi connectivity index (χ3v) is 7.15. The van der Waals surface area contributed by atoms with Gasteiger partial charge in [0.15, 0.2) is 5.17 Å². The summed E-state index contributed by atoms with van der Waals surface area (Å²) in [4.78, 5) is 30.8. The number of benzene rings is 3. The molecular weight excluding hydrogens is 482 g/mol. The Morgan fingerprint density at radius 2 is 1.86 bits per heavy atom. The van der Waals surface area contributed by atoms with Crippen molar-refractivity contribution in [2.45, 2.75) is 6.54 Å². The number of amides is 1. The monoisotopic (exact) mass is 501 g/mol. The van der Waals surface area contributed by atoms with Gasteiger partial charge >= 0.3 is 5.97 Å². The summed E-state index contributed by atoms with van der Waals surface area (Å²) < 4.78 is 2.13. The Bertz CT molecular complexity index is 1540. The van der Waals surface area contributed by atoms with Crippen molar-refractivity contribution in [3.63, 3.8) is 0 Å². The van der Waals surface area contributed by atoms with Gasteiger partial charge in [-0.25, -0.2) is 9.79 Å². The van der Waals surface area contributed by atoms with Gasteiger partial charge in [0.05, 0.1) is 16.2 Å². The zero-order valence-electron chi connectivity index (χ0n) is 18.7. The summed E-state index contributed by atoms with van der Waals surface area (Å²) in [5.74, 6) is -1.18. The standard InChI is InChI=1S/C27H20ClN3O3S/c1-30-25(32)24(35-27(30)29-20-9-6-8-17(13-20)26(33)34)14-19-16-31(23-12-5-3-10-21(19)23)15-18-7-2-4-11-22(18)28/h2-14,16H,15H2,1H3,(H,33,34)/b24-14+,29-27?. The number of hydrogen-bond donors (Lipinski definition) is 1. The number of aromatic nitrogens is 1. The van der Waals surface area contributed by atoms with Crippen LogP contribution in [0, 0.1) is 0 Å². The third kappa shape index (κ3) is 4.60. The highest BCUT2D eigenvalue weighted by Crippen LogP contribution is 2.35. The summed E-state index contributed by atoms with van der Waals surface area (Å²) in [6.45, 7) is 0.608. The maximum absolute atomic E-state index is 13.0. The predicted octanol–water partition coefficient (Wildman–Crippen LogP) is 6.28. The van der Waals surface area contributed by atoms with E-state index in [0.29, 0.717) is 27.3 Å². The lowest BCUT2D eigenvalue weighted by atomic mass is 10.1. The summed E-state index contributed by atoms with van der Waals surface area (Å²) >= 11 is 7.65. The van der Waals surface area contributed by atoms with Gasteiger partial charge in [-0.15, -0.1) is 0 Å². The molecule has 5 rings (SSSR count). The summed E-state index contributed by atoms with van der Waals surface area (Å²) in [5, 5.41) is 11.5. The van der Waals surface area contributed by atoms with E-state index in [0.717, 1.165) is 22.0 Å². The molecule has 0 atom stereocenters. The second kappa shape index (κ2) is 9.44. The number of thioether (sulfide) groups is 1. The van der Waals surface area contributed by atoms with E-state index >= 15 is 0 Å². The molecule has 1 aliphatic heterocycles. The number of hydrogen-bond acceptors (Lipinski definition) is 4. The maximum atomic E-state index is 13.0. The number of aromatic carboxylic acids is 1. The quantitative estimate of drug-likeness (QED) is 0.327. The molecular formula is C27H20ClN3O3S. The molecule has 0 saturated carbocycles. The van der Waals surface area contributed by atoms with Crippen LogP contribution in [-0.2, 0) is 11.3 Å². The van der Waals surface area contributed by atoms with E-state index in [1.807, 2.05) is 60.8 Å². The predicted molar refractivity (Wildman–Crippen MR) is 141 cm³/mol. The maximum Gasteiger partial charge on any atom is 0.335 e. The molecule has 1 saturated heterocycles. The Balaban J connectivity index is 1.50. The smallest absolute Gasteiger partial charge is 0.335 e. The number of likely N-dealkylation sites (N-methyl/N-ethyl adjacent to an activating group) is 1. The zero-order chi connectivity index (χ0) is 24.5. The number of carbonyl (C=O) groups excluding carboxylic acids is 1. The first-order valence-electron chi connectivity index (χ1n) is 10.8. The first-order chi connectivity index (χ1) is 16.9. The van der Waals surface area contributed by atoms with Crippen LogP contribution in [-0.4, -0.2) is 38.7 Å². The van der Waals surface area contributed by atoms with E-state index in [1.54, 1.807) is 19.2 Å². The van der Waals surface area contributed by atoms with Crippen molar-refractivity contribution in [1.82, 2.24) is 9.47 Å². The summed E-state index contributed by atoms with van der Waals surface area (Å²) in [6.07, 6.45) is 3.91. The molecule has 1 fully saturated rings. The van der Waals surface area contributed by atoms with E-state index in [1.165, 1.54) is 28.8 Å². The van der Waals surface area contributed by atoms with Crippen molar-refractivity contribution in [3.8, 4) is 0 Å². The number of para-hydroxylation sites is 1. The average molecular weight is 502 g/mol. The second-order valence-electron chi connectivity index (χ2n) is 8.05. The molecule has 0 aliphatic carbocycles. The van der Waals surface area contributed by atoms with Crippen LogP contribution in [0.5, 0.6) is 0 Å². The van der Waals surface area contributed by atoms with Gasteiger partial charge in [0, 0.05) is 41.3 Å². The van der Waals surface area contributed by atoms with Crippen molar-refractivity contribution < 1.29 is 14.7 Å². The fourth-order valence-corrected chi connectivity index (χ4v) is 5.12. The number of carboxylic acid groups (broad SMARTS) is 1. The van der Waals surface area contributed by atoms with Gasteiger partial charge < -0.3 is 9.67 Å². The van der Waals surface area contributed by atoms with Gasteiger partial charge in [0.2, 0.25) is 0 Å². The number of fused-ring (bicyclic) bond motifs is 1. The van der Waals surface area contributed by atoms with Gasteiger partial charge in [-0.1, -0.05) is 54.1 Å². The molecule has 1 N–H and O–H groups in total. The average Bonchev–Trinajstić information content (AvgIpc) is 3.33. The first-order valence-corrected chi connectivity index (χ1v) is 12.0. The molecule has 3 aromatic carbocycles. The van der Waals surface area contributed by atoms with Crippen molar-refractivity contribution in [3.05, 3.63) is 106 Å². The molecule has 4 aromatic rings. The SMILES string of the molecule is CN1C(=O)/C(=C\c2cn(Cc3ccccc3Cl)c3ccccc23)SC1=Nc1cccc(C(=O)O)c1. The van der Waals surface area contributed by atoms with Crippen LogP contribution in [0.25, 0.3) is 17.0 Å². The number of nitrogens with zero attached hydrogens (tertiary/aromatic N) is 3. The lowest BCUT2D eigenvalue weighted by Gasteiger charge is -2.07. The lowest BCUT2D eigenvalue weighted by molar-refractivity contribution is -0.121. The molecule has 1 aliphatic rings. The third-order valence-electron chi connectivity index (χ3n) is 5.73. The van der Waals surface area contributed by atoms with E-state index in [9.17, 15) is 14.7 Å². The van der Waals surface area contributed by atoms with Gasteiger partial charge in [0.25, 0.3) is 5.91 Å². The largest absolute Gasteiger partial charge is 0.478 e. The van der Waals surface area contributed by atoms with Crippen LogP contribution in [0.15, 0.2) is 88.9 Å². The van der Waals surface area contributed by atoms with Crippen LogP contribution < -0.4 is 0 Å². The second-order valence-corrected chi connectivity index (χ2v) is 9.46. The molecule has 8 heteroatoms. The Morgan fingerprint density at radius 1 is 1.09 bits per heavy atom. The normalized spacial score (nSPS) is 16.1. The highest BCUT2D eigenvalue weighted by Gasteiger charge is 2.30. The van der Waals surface area contributed by atoms with E-state index < -0.39 is 5.97 Å². The molecule has 0 unspecified atom stereocenters. The zero-order valence-corrected chi connectivity index (χ0v) is 20.3. The highest BCUT2D eigenvalue weighted by atomic mass is 35.5. The van der Waals surface area contributed by atoms with Crippen LogP contribution in [0.1, 0.15) is 21.5 Å². The lowest BCUT2D eigenvalue weighted by Crippen LogP contribution is -2.23. The van der Waals surface area contributed by atoms with Gasteiger partial charge in [-0.05, 0) is 53.7 Å². The molecule has 35 heavy (non-hydrogen) atoms. The van der Waals surface area contributed by atoms with Crippen molar-refractivity contribution in [2.75, 3.05) is 7.05 Å². The van der Waals surface area contributed by atoms with Crippen LogP contribution in [0.4, 0.5) is 5.69 Å². The summed E-state index contributed by atoms with van der Waals surface area (Å²) in [6, 6.07) is 22.1. The summed E-state index contributed by atoms with van der Waals surface area (Å²) in [5.41, 5.74) is 3.60.